The molecule has 0 spiro atoms. The molecule has 0 atom stereocenters. The van der Waals surface area contributed by atoms with Gasteiger partial charge in [-0.3, -0.25) is 0 Å². The zero-order valence-electron chi connectivity index (χ0n) is 13.8. The van der Waals surface area contributed by atoms with Gasteiger partial charge in [-0.2, -0.15) is 0 Å². The van der Waals surface area contributed by atoms with E-state index in [1.807, 2.05) is 13.0 Å². The Morgan fingerprint density at radius 2 is 2.05 bits per heavy atom. The van der Waals surface area contributed by atoms with E-state index in [1.54, 1.807) is 6.08 Å². The lowest BCUT2D eigenvalue weighted by Gasteiger charge is -2.12. The lowest BCUT2D eigenvalue weighted by atomic mass is 9.93. The Morgan fingerprint density at radius 3 is 2.77 bits per heavy atom. The van der Waals surface area contributed by atoms with E-state index in [1.165, 1.54) is 16.7 Å². The average molecular weight is 295 g/mol. The normalized spacial score (nSPS) is 16.8. The summed E-state index contributed by atoms with van der Waals surface area (Å²) in [6.45, 7) is 7.46. The Hall–Kier alpha value is -2.06. The van der Waals surface area contributed by atoms with Crippen molar-refractivity contribution in [2.24, 2.45) is 0 Å². The predicted octanol–water partition coefficient (Wildman–Crippen LogP) is 4.57. The Balaban J connectivity index is 2.48. The van der Waals surface area contributed by atoms with E-state index < -0.39 is 0 Å². The van der Waals surface area contributed by atoms with Gasteiger partial charge in [0.15, 0.2) is 0 Å². The Bertz CT molecular complexity index is 620. The molecule has 0 aromatic heterocycles. The Labute approximate surface area is 134 Å². The first kappa shape index (κ1) is 16.3. The summed E-state index contributed by atoms with van der Waals surface area (Å²) >= 11 is 0. The van der Waals surface area contributed by atoms with E-state index in [-0.39, 0.29) is 0 Å². The lowest BCUT2D eigenvalue weighted by molar-refractivity contribution is 0.201. The average Bonchev–Trinajstić information content (AvgIpc) is 2.63. The SMILES string of the molecule is C=C/C=C\C1=C(C)OCc2ccccc2/C1=C/CCN(C)C. The fourth-order valence-corrected chi connectivity index (χ4v) is 2.57. The summed E-state index contributed by atoms with van der Waals surface area (Å²) in [5, 5.41) is 0. The van der Waals surface area contributed by atoms with Crippen LogP contribution < -0.4 is 0 Å². The predicted molar refractivity (Wildman–Crippen MR) is 94.4 cm³/mol. The van der Waals surface area contributed by atoms with Crippen LogP contribution in [-0.2, 0) is 11.3 Å². The zero-order chi connectivity index (χ0) is 15.9. The van der Waals surface area contributed by atoms with Crippen molar-refractivity contribution in [2.45, 2.75) is 20.0 Å². The molecule has 1 aromatic rings. The number of ether oxygens (including phenoxy) is 1. The van der Waals surface area contributed by atoms with Gasteiger partial charge in [-0.05, 0) is 44.1 Å². The number of rotatable bonds is 5. The number of benzene rings is 1. The summed E-state index contributed by atoms with van der Waals surface area (Å²) in [7, 11) is 4.20. The van der Waals surface area contributed by atoms with Crippen LogP contribution in [0.1, 0.15) is 24.5 Å². The van der Waals surface area contributed by atoms with Crippen molar-refractivity contribution in [3.63, 3.8) is 0 Å². The maximum Gasteiger partial charge on any atom is 0.113 e. The number of hydrogen-bond donors (Lipinski definition) is 0. The summed E-state index contributed by atoms with van der Waals surface area (Å²) in [5.74, 6) is 0.963. The van der Waals surface area contributed by atoms with Crippen LogP contribution in [-0.4, -0.2) is 25.5 Å². The summed E-state index contributed by atoms with van der Waals surface area (Å²) in [5.41, 5.74) is 4.90. The molecule has 0 aliphatic carbocycles. The highest BCUT2D eigenvalue weighted by molar-refractivity contribution is 5.84. The van der Waals surface area contributed by atoms with E-state index in [9.17, 15) is 0 Å². The highest BCUT2D eigenvalue weighted by Gasteiger charge is 2.17. The molecule has 1 aliphatic rings. The molecular formula is C20H25NO. The van der Waals surface area contributed by atoms with Gasteiger partial charge in [-0.15, -0.1) is 0 Å². The van der Waals surface area contributed by atoms with Gasteiger partial charge in [0.1, 0.15) is 12.4 Å². The smallest absolute Gasteiger partial charge is 0.113 e. The molecule has 2 nitrogen and oxygen atoms in total. The van der Waals surface area contributed by atoms with Crippen LogP contribution in [0.3, 0.4) is 0 Å². The van der Waals surface area contributed by atoms with Crippen LogP contribution in [0.4, 0.5) is 0 Å². The molecule has 0 saturated heterocycles. The molecule has 0 bridgehead atoms. The molecule has 2 rings (SSSR count). The van der Waals surface area contributed by atoms with E-state index in [2.05, 4.69) is 62.0 Å². The number of fused-ring (bicyclic) bond motifs is 1. The van der Waals surface area contributed by atoms with Gasteiger partial charge < -0.3 is 9.64 Å². The number of allylic oxidation sites excluding steroid dienone is 6. The Morgan fingerprint density at radius 1 is 1.27 bits per heavy atom. The monoisotopic (exact) mass is 295 g/mol. The molecule has 22 heavy (non-hydrogen) atoms. The fraction of sp³-hybridized carbons (Fsp3) is 0.300. The van der Waals surface area contributed by atoms with Crippen molar-refractivity contribution in [2.75, 3.05) is 20.6 Å². The van der Waals surface area contributed by atoms with Crippen LogP contribution in [0.2, 0.25) is 0 Å². The molecule has 0 amide bonds. The van der Waals surface area contributed by atoms with Gasteiger partial charge in [-0.25, -0.2) is 0 Å². The van der Waals surface area contributed by atoms with Crippen molar-refractivity contribution in [3.05, 3.63) is 77.6 Å². The molecule has 1 aromatic carbocycles. The molecule has 0 N–H and O–H groups in total. The van der Waals surface area contributed by atoms with Crippen molar-refractivity contribution in [3.8, 4) is 0 Å². The maximum atomic E-state index is 5.94. The molecule has 2 heteroatoms. The maximum absolute atomic E-state index is 5.94. The van der Waals surface area contributed by atoms with Gasteiger partial charge in [0, 0.05) is 12.1 Å². The molecule has 0 unspecified atom stereocenters. The first-order valence-electron chi connectivity index (χ1n) is 7.69. The lowest BCUT2D eigenvalue weighted by Crippen LogP contribution is -2.12. The van der Waals surface area contributed by atoms with Gasteiger partial charge in [0.05, 0.1) is 0 Å². The minimum absolute atomic E-state index is 0.623. The third-order valence-electron chi connectivity index (χ3n) is 3.74. The standard InChI is InChI=1S/C20H25NO/c1-5-6-11-18-16(2)22-15-17-10-7-8-12-19(17)20(18)13-9-14-21(3)4/h5-8,10-13H,1,9,14-15H2,2-4H3/b11-6-,20-13+. The topological polar surface area (TPSA) is 12.5 Å². The molecule has 1 heterocycles. The second kappa shape index (κ2) is 7.81. The van der Waals surface area contributed by atoms with Crippen molar-refractivity contribution in [1.29, 1.82) is 0 Å². The zero-order valence-corrected chi connectivity index (χ0v) is 13.8. The highest BCUT2D eigenvalue weighted by Crippen LogP contribution is 2.34. The molecule has 0 radical (unpaired) electrons. The Kier molecular flexibility index (Phi) is 5.79. The first-order chi connectivity index (χ1) is 10.6. The quantitative estimate of drug-likeness (QED) is 0.738. The molecule has 1 aliphatic heterocycles. The van der Waals surface area contributed by atoms with Crippen LogP contribution in [0.25, 0.3) is 5.57 Å². The van der Waals surface area contributed by atoms with E-state index >= 15 is 0 Å². The second-order valence-corrected chi connectivity index (χ2v) is 5.72. The summed E-state index contributed by atoms with van der Waals surface area (Å²) in [4.78, 5) is 2.20. The third-order valence-corrected chi connectivity index (χ3v) is 3.74. The summed E-state index contributed by atoms with van der Waals surface area (Å²) in [6.07, 6.45) is 9.19. The van der Waals surface area contributed by atoms with Crippen LogP contribution in [0, 0.1) is 0 Å². The van der Waals surface area contributed by atoms with Gasteiger partial charge >= 0.3 is 0 Å². The van der Waals surface area contributed by atoms with Gasteiger partial charge in [0.25, 0.3) is 0 Å². The fourth-order valence-electron chi connectivity index (χ4n) is 2.57. The van der Waals surface area contributed by atoms with Crippen molar-refractivity contribution in [1.82, 2.24) is 4.90 Å². The summed E-state index contributed by atoms with van der Waals surface area (Å²) in [6, 6.07) is 8.48. The van der Waals surface area contributed by atoms with Crippen molar-refractivity contribution >= 4 is 5.57 Å². The summed E-state index contributed by atoms with van der Waals surface area (Å²) < 4.78 is 5.94. The van der Waals surface area contributed by atoms with Crippen molar-refractivity contribution < 1.29 is 4.74 Å². The highest BCUT2D eigenvalue weighted by atomic mass is 16.5. The minimum atomic E-state index is 0.623. The van der Waals surface area contributed by atoms with E-state index in [0.29, 0.717) is 6.61 Å². The van der Waals surface area contributed by atoms with Crippen LogP contribution in [0.5, 0.6) is 0 Å². The van der Waals surface area contributed by atoms with Crippen LogP contribution in [0.15, 0.2) is 66.5 Å². The minimum Gasteiger partial charge on any atom is -0.493 e. The molecule has 0 saturated carbocycles. The molecule has 116 valence electrons. The first-order valence-corrected chi connectivity index (χ1v) is 7.69. The third kappa shape index (κ3) is 3.99. The van der Waals surface area contributed by atoms with E-state index in [0.717, 1.165) is 24.3 Å². The number of hydrogen-bond acceptors (Lipinski definition) is 2. The van der Waals surface area contributed by atoms with Gasteiger partial charge in [0.2, 0.25) is 0 Å². The number of nitrogens with zero attached hydrogens (tertiary/aromatic N) is 1. The second-order valence-electron chi connectivity index (χ2n) is 5.72. The molecular weight excluding hydrogens is 270 g/mol. The van der Waals surface area contributed by atoms with E-state index in [4.69, 9.17) is 4.74 Å². The van der Waals surface area contributed by atoms with Gasteiger partial charge in [-0.1, -0.05) is 55.1 Å². The molecule has 0 fully saturated rings. The largest absolute Gasteiger partial charge is 0.493 e. The van der Waals surface area contributed by atoms with Crippen LogP contribution >= 0.6 is 0 Å².